The number of hydrogen-bond acceptors (Lipinski definition) is 2. The summed E-state index contributed by atoms with van der Waals surface area (Å²) in [5, 5.41) is 6.40. The van der Waals surface area contributed by atoms with Gasteiger partial charge in [0.05, 0.1) is 12.6 Å². The Morgan fingerprint density at radius 2 is 2.14 bits per heavy atom. The first-order chi connectivity index (χ1) is 10.1. The molecule has 0 saturated heterocycles. The molecule has 4 nitrogen and oxygen atoms in total. The van der Waals surface area contributed by atoms with Crippen LogP contribution < -0.4 is 15.4 Å². The van der Waals surface area contributed by atoms with Gasteiger partial charge in [-0.3, -0.25) is 0 Å². The average Bonchev–Trinajstić information content (AvgIpc) is 2.43. The average molecular weight is 289 g/mol. The number of nitrogens with one attached hydrogen (secondary N) is 2. The third-order valence-electron chi connectivity index (χ3n) is 2.75. The lowest BCUT2D eigenvalue weighted by molar-refractivity contribution is 0.240. The summed E-state index contributed by atoms with van der Waals surface area (Å²) < 4.78 is 5.87. The standard InChI is InChI=1S/C17H27N3O/c1-6-10-19-17(18-7-2)20-12-15-9-8-14(5)11-16(15)21-13(3)4/h6,8-9,11,13H,1,7,10,12H2,2-5H3,(H2,18,19,20). The van der Waals surface area contributed by atoms with Gasteiger partial charge >= 0.3 is 0 Å². The van der Waals surface area contributed by atoms with Crippen LogP contribution in [0, 0.1) is 6.92 Å². The van der Waals surface area contributed by atoms with Crippen LogP contribution in [0.2, 0.25) is 0 Å². The van der Waals surface area contributed by atoms with Crippen molar-refractivity contribution in [2.75, 3.05) is 13.1 Å². The molecular weight excluding hydrogens is 262 g/mol. The molecule has 0 unspecified atom stereocenters. The molecule has 1 rings (SSSR count). The van der Waals surface area contributed by atoms with Crippen LogP contribution in [0.3, 0.4) is 0 Å². The van der Waals surface area contributed by atoms with Gasteiger partial charge in [-0.25, -0.2) is 4.99 Å². The van der Waals surface area contributed by atoms with Gasteiger partial charge in [0.2, 0.25) is 0 Å². The van der Waals surface area contributed by atoms with Crippen LogP contribution in [-0.4, -0.2) is 25.2 Å². The summed E-state index contributed by atoms with van der Waals surface area (Å²) in [5.74, 6) is 1.70. The molecule has 0 aromatic heterocycles. The van der Waals surface area contributed by atoms with E-state index >= 15 is 0 Å². The normalized spacial score (nSPS) is 11.4. The number of ether oxygens (including phenoxy) is 1. The lowest BCUT2D eigenvalue weighted by Gasteiger charge is -2.15. The number of aliphatic imine (C=N–C) groups is 1. The van der Waals surface area contributed by atoms with Crippen molar-refractivity contribution in [1.82, 2.24) is 10.6 Å². The Bertz CT molecular complexity index is 481. The largest absolute Gasteiger partial charge is 0.491 e. The number of nitrogens with zero attached hydrogens (tertiary/aromatic N) is 1. The molecule has 116 valence electrons. The molecule has 0 spiro atoms. The van der Waals surface area contributed by atoms with E-state index in [1.54, 1.807) is 0 Å². The quantitative estimate of drug-likeness (QED) is 0.461. The molecule has 0 saturated carbocycles. The fourth-order valence-corrected chi connectivity index (χ4v) is 1.83. The summed E-state index contributed by atoms with van der Waals surface area (Å²) in [5.41, 5.74) is 2.28. The second-order valence-corrected chi connectivity index (χ2v) is 5.14. The van der Waals surface area contributed by atoms with Crippen LogP contribution in [0.15, 0.2) is 35.8 Å². The van der Waals surface area contributed by atoms with Gasteiger partial charge in [-0.2, -0.15) is 0 Å². The summed E-state index contributed by atoms with van der Waals surface area (Å²) >= 11 is 0. The third-order valence-corrected chi connectivity index (χ3v) is 2.75. The molecule has 0 amide bonds. The number of benzene rings is 1. The van der Waals surface area contributed by atoms with Crippen LogP contribution in [0.5, 0.6) is 5.75 Å². The molecule has 1 aromatic rings. The highest BCUT2D eigenvalue weighted by Crippen LogP contribution is 2.22. The van der Waals surface area contributed by atoms with Gasteiger partial charge in [-0.1, -0.05) is 18.2 Å². The summed E-state index contributed by atoms with van der Waals surface area (Å²) in [4.78, 5) is 4.59. The zero-order valence-corrected chi connectivity index (χ0v) is 13.6. The van der Waals surface area contributed by atoms with Gasteiger partial charge in [0.1, 0.15) is 5.75 Å². The monoisotopic (exact) mass is 289 g/mol. The SMILES string of the molecule is C=CCNC(=NCc1ccc(C)cc1OC(C)C)NCC. The van der Waals surface area contributed by atoms with E-state index in [4.69, 9.17) is 4.74 Å². The maximum absolute atomic E-state index is 5.87. The fraction of sp³-hybridized carbons (Fsp3) is 0.471. The zero-order chi connectivity index (χ0) is 15.7. The molecule has 4 heteroatoms. The molecule has 0 aliphatic rings. The maximum atomic E-state index is 5.87. The summed E-state index contributed by atoms with van der Waals surface area (Å²) in [6.45, 7) is 14.0. The first-order valence-corrected chi connectivity index (χ1v) is 7.46. The van der Waals surface area contributed by atoms with Crippen LogP contribution in [-0.2, 0) is 6.54 Å². The van der Waals surface area contributed by atoms with Gasteiger partial charge in [-0.05, 0) is 39.3 Å². The second-order valence-electron chi connectivity index (χ2n) is 5.14. The van der Waals surface area contributed by atoms with Gasteiger partial charge < -0.3 is 15.4 Å². The Labute approximate surface area is 128 Å². The predicted octanol–water partition coefficient (Wildman–Crippen LogP) is 3.02. The molecule has 0 fully saturated rings. The smallest absolute Gasteiger partial charge is 0.191 e. The molecule has 0 heterocycles. The molecule has 0 aliphatic carbocycles. The van der Waals surface area contributed by atoms with Crippen LogP contribution in [0.1, 0.15) is 31.9 Å². The van der Waals surface area contributed by atoms with E-state index in [0.717, 1.165) is 23.8 Å². The molecule has 2 N–H and O–H groups in total. The summed E-state index contributed by atoms with van der Waals surface area (Å²) in [6.07, 6.45) is 1.97. The minimum atomic E-state index is 0.154. The number of rotatable bonds is 7. The number of hydrogen-bond donors (Lipinski definition) is 2. The van der Waals surface area contributed by atoms with Crippen molar-refractivity contribution in [2.24, 2.45) is 4.99 Å². The fourth-order valence-electron chi connectivity index (χ4n) is 1.83. The maximum Gasteiger partial charge on any atom is 0.191 e. The number of aryl methyl sites for hydroxylation is 1. The molecule has 0 radical (unpaired) electrons. The van der Waals surface area contributed by atoms with Crippen molar-refractivity contribution in [2.45, 2.75) is 40.3 Å². The lowest BCUT2D eigenvalue weighted by atomic mass is 10.1. The third kappa shape index (κ3) is 6.34. The summed E-state index contributed by atoms with van der Waals surface area (Å²) in [7, 11) is 0. The van der Waals surface area contributed by atoms with Crippen LogP contribution in [0.25, 0.3) is 0 Å². The Balaban J connectivity index is 2.86. The van der Waals surface area contributed by atoms with E-state index in [0.29, 0.717) is 13.1 Å². The van der Waals surface area contributed by atoms with Crippen LogP contribution >= 0.6 is 0 Å². The Kier molecular flexibility index (Phi) is 7.37. The van der Waals surface area contributed by atoms with Crippen molar-refractivity contribution in [1.29, 1.82) is 0 Å². The van der Waals surface area contributed by atoms with E-state index in [9.17, 15) is 0 Å². The van der Waals surface area contributed by atoms with Gasteiger partial charge in [0.15, 0.2) is 5.96 Å². The van der Waals surface area contributed by atoms with Gasteiger partial charge in [0.25, 0.3) is 0 Å². The van der Waals surface area contributed by atoms with E-state index in [1.165, 1.54) is 5.56 Å². The topological polar surface area (TPSA) is 45.7 Å². The Morgan fingerprint density at radius 1 is 1.38 bits per heavy atom. The molecule has 0 bridgehead atoms. The van der Waals surface area contributed by atoms with Gasteiger partial charge in [-0.15, -0.1) is 6.58 Å². The minimum absolute atomic E-state index is 0.154. The number of guanidine groups is 1. The predicted molar refractivity (Wildman–Crippen MR) is 90.0 cm³/mol. The highest BCUT2D eigenvalue weighted by Gasteiger charge is 2.06. The van der Waals surface area contributed by atoms with Crippen molar-refractivity contribution >= 4 is 5.96 Å². The van der Waals surface area contributed by atoms with Crippen LogP contribution in [0.4, 0.5) is 0 Å². The van der Waals surface area contributed by atoms with E-state index in [1.807, 2.05) is 26.8 Å². The molecule has 1 aromatic carbocycles. The first-order valence-electron chi connectivity index (χ1n) is 7.46. The molecular formula is C17H27N3O. The molecule has 0 aliphatic heterocycles. The van der Waals surface area contributed by atoms with E-state index < -0.39 is 0 Å². The first kappa shape index (κ1) is 17.1. The Morgan fingerprint density at radius 3 is 2.76 bits per heavy atom. The Hall–Kier alpha value is -1.97. The molecule has 21 heavy (non-hydrogen) atoms. The van der Waals surface area contributed by atoms with Crippen molar-refractivity contribution < 1.29 is 4.74 Å². The van der Waals surface area contributed by atoms with E-state index in [2.05, 4.69) is 47.3 Å². The second kappa shape index (κ2) is 9.06. The highest BCUT2D eigenvalue weighted by atomic mass is 16.5. The van der Waals surface area contributed by atoms with Gasteiger partial charge in [0, 0.05) is 18.7 Å². The van der Waals surface area contributed by atoms with Crippen molar-refractivity contribution in [3.63, 3.8) is 0 Å². The zero-order valence-electron chi connectivity index (χ0n) is 13.6. The van der Waals surface area contributed by atoms with E-state index in [-0.39, 0.29) is 6.10 Å². The highest BCUT2D eigenvalue weighted by molar-refractivity contribution is 5.79. The van der Waals surface area contributed by atoms with Crippen molar-refractivity contribution in [3.8, 4) is 5.75 Å². The lowest BCUT2D eigenvalue weighted by Crippen LogP contribution is -2.37. The molecule has 0 atom stereocenters. The minimum Gasteiger partial charge on any atom is -0.491 e. The van der Waals surface area contributed by atoms with Crippen molar-refractivity contribution in [3.05, 3.63) is 42.0 Å². The summed E-state index contributed by atoms with van der Waals surface area (Å²) in [6, 6.07) is 6.23.